The summed E-state index contributed by atoms with van der Waals surface area (Å²) in [4.78, 5) is 8.39. The molecule has 0 radical (unpaired) electrons. The van der Waals surface area contributed by atoms with Gasteiger partial charge in [0.25, 0.3) is 0 Å². The highest BCUT2D eigenvalue weighted by atomic mass is 35.5. The fourth-order valence-electron chi connectivity index (χ4n) is 5.36. The minimum atomic E-state index is 0.592. The van der Waals surface area contributed by atoms with Crippen molar-refractivity contribution in [3.8, 4) is 6.07 Å². The minimum Gasteiger partial charge on any atom is -0.378 e. The van der Waals surface area contributed by atoms with E-state index in [4.69, 9.17) is 16.3 Å². The van der Waals surface area contributed by atoms with Gasteiger partial charge in [0.2, 0.25) is 0 Å². The van der Waals surface area contributed by atoms with Crippen LogP contribution in [0, 0.1) is 11.3 Å². The van der Waals surface area contributed by atoms with E-state index < -0.39 is 0 Å². The molecule has 0 unspecified atom stereocenters. The summed E-state index contributed by atoms with van der Waals surface area (Å²) < 4.78 is 5.55. The number of morpholine rings is 1. The lowest BCUT2D eigenvalue weighted by Gasteiger charge is -2.36. The predicted octanol–water partition coefficient (Wildman–Crippen LogP) is 5.34. The molecule has 1 N–H and O–H groups in total. The van der Waals surface area contributed by atoms with Gasteiger partial charge in [0.05, 0.1) is 24.8 Å². The molecule has 0 aliphatic carbocycles. The van der Waals surface area contributed by atoms with Crippen LogP contribution in [-0.4, -0.2) is 55.8 Å². The zero-order chi connectivity index (χ0) is 22.6. The van der Waals surface area contributed by atoms with Crippen molar-refractivity contribution < 1.29 is 4.74 Å². The zero-order valence-electron chi connectivity index (χ0n) is 19.0. The molecule has 0 bridgehead atoms. The molecule has 0 spiro atoms. The van der Waals surface area contributed by atoms with Gasteiger partial charge in [-0.15, -0.1) is 0 Å². The fraction of sp³-hybridized carbons (Fsp3) is 0.444. The van der Waals surface area contributed by atoms with Crippen molar-refractivity contribution in [3.63, 3.8) is 0 Å². The van der Waals surface area contributed by atoms with Gasteiger partial charge in [0.15, 0.2) is 0 Å². The number of nitrogens with zero attached hydrogens (tertiary/aromatic N) is 3. The lowest BCUT2D eigenvalue weighted by molar-refractivity contribution is 0.122. The van der Waals surface area contributed by atoms with Gasteiger partial charge in [-0.05, 0) is 92.7 Å². The van der Waals surface area contributed by atoms with Crippen molar-refractivity contribution in [1.82, 2.24) is 9.88 Å². The summed E-state index contributed by atoms with van der Waals surface area (Å²) in [5.74, 6) is 0.592. The van der Waals surface area contributed by atoms with E-state index in [1.165, 1.54) is 35.0 Å². The Morgan fingerprint density at radius 3 is 2.67 bits per heavy atom. The average Bonchev–Trinajstić information content (AvgIpc) is 3.27. The van der Waals surface area contributed by atoms with Gasteiger partial charge >= 0.3 is 0 Å². The molecule has 3 heterocycles. The number of hydrogen-bond donors (Lipinski definition) is 1. The summed E-state index contributed by atoms with van der Waals surface area (Å²) in [5, 5.41) is 11.2. The number of benzene rings is 2. The number of aryl methyl sites for hydroxylation is 1. The molecule has 2 aliphatic heterocycles. The Morgan fingerprint density at radius 2 is 1.88 bits per heavy atom. The van der Waals surface area contributed by atoms with Crippen LogP contribution in [0.5, 0.6) is 0 Å². The van der Waals surface area contributed by atoms with Crippen molar-refractivity contribution in [1.29, 1.82) is 5.26 Å². The summed E-state index contributed by atoms with van der Waals surface area (Å²) in [6.07, 6.45) is 6.66. The Balaban J connectivity index is 1.17. The molecule has 0 atom stereocenters. The number of aromatic amines is 1. The molecule has 6 heteroatoms. The van der Waals surface area contributed by atoms with Gasteiger partial charge < -0.3 is 19.5 Å². The zero-order valence-corrected chi connectivity index (χ0v) is 19.8. The largest absolute Gasteiger partial charge is 0.378 e. The number of anilines is 1. The highest BCUT2D eigenvalue weighted by Crippen LogP contribution is 2.37. The Bertz CT molecular complexity index is 1140. The van der Waals surface area contributed by atoms with Gasteiger partial charge in [-0.3, -0.25) is 0 Å². The molecule has 2 aliphatic rings. The van der Waals surface area contributed by atoms with Gasteiger partial charge in [-0.2, -0.15) is 5.26 Å². The molecule has 0 amide bonds. The van der Waals surface area contributed by atoms with Gasteiger partial charge in [0.1, 0.15) is 0 Å². The highest BCUT2D eigenvalue weighted by Gasteiger charge is 2.25. The highest BCUT2D eigenvalue weighted by molar-refractivity contribution is 6.30. The molecule has 172 valence electrons. The third-order valence-corrected chi connectivity index (χ3v) is 7.42. The lowest BCUT2D eigenvalue weighted by atomic mass is 9.87. The topological polar surface area (TPSA) is 55.3 Å². The fourth-order valence-corrected chi connectivity index (χ4v) is 5.52. The standard InChI is InChI=1S/C27H31ClN4O/c28-23-4-5-24(27(17-23)32-12-14-33-15-13-32)21-7-10-31(11-8-21)9-1-2-22-19-30-26-6-3-20(18-29)16-25(22)26/h3-6,16-17,19,21,30H,1-2,7-15H2. The number of piperidine rings is 1. The second kappa shape index (κ2) is 10.2. The molecular weight excluding hydrogens is 432 g/mol. The third-order valence-electron chi connectivity index (χ3n) is 7.19. The predicted molar refractivity (Wildman–Crippen MR) is 134 cm³/mol. The number of halogens is 1. The number of nitriles is 1. The first-order chi connectivity index (χ1) is 16.2. The Labute approximate surface area is 200 Å². The number of nitrogens with one attached hydrogen (secondary N) is 1. The van der Waals surface area contributed by atoms with Crippen LogP contribution < -0.4 is 4.90 Å². The van der Waals surface area contributed by atoms with Crippen LogP contribution >= 0.6 is 11.6 Å². The molecule has 33 heavy (non-hydrogen) atoms. The molecule has 5 nitrogen and oxygen atoms in total. The summed E-state index contributed by atoms with van der Waals surface area (Å²) >= 11 is 6.37. The minimum absolute atomic E-state index is 0.592. The smallest absolute Gasteiger partial charge is 0.0991 e. The van der Waals surface area contributed by atoms with E-state index in [2.05, 4.69) is 39.2 Å². The first kappa shape index (κ1) is 22.3. The molecule has 1 aromatic heterocycles. The Morgan fingerprint density at radius 1 is 1.06 bits per heavy atom. The van der Waals surface area contributed by atoms with Crippen molar-refractivity contribution in [2.75, 3.05) is 50.8 Å². The number of fused-ring (bicyclic) bond motifs is 1. The van der Waals surface area contributed by atoms with Crippen LogP contribution in [0.1, 0.15) is 41.9 Å². The summed E-state index contributed by atoms with van der Waals surface area (Å²) in [7, 11) is 0. The van der Waals surface area contributed by atoms with E-state index in [9.17, 15) is 5.26 Å². The molecule has 0 saturated carbocycles. The maximum atomic E-state index is 9.20. The maximum absolute atomic E-state index is 9.20. The van der Waals surface area contributed by atoms with E-state index >= 15 is 0 Å². The van der Waals surface area contributed by atoms with Crippen LogP contribution in [0.15, 0.2) is 42.6 Å². The van der Waals surface area contributed by atoms with Crippen molar-refractivity contribution >= 4 is 28.2 Å². The van der Waals surface area contributed by atoms with Gasteiger partial charge in [-0.25, -0.2) is 0 Å². The second-order valence-corrected chi connectivity index (χ2v) is 9.64. The van der Waals surface area contributed by atoms with Crippen LogP contribution in [0.2, 0.25) is 5.02 Å². The van der Waals surface area contributed by atoms with Gasteiger partial charge in [-0.1, -0.05) is 17.7 Å². The van der Waals surface area contributed by atoms with E-state index in [1.807, 2.05) is 24.3 Å². The van der Waals surface area contributed by atoms with Gasteiger partial charge in [0, 0.05) is 40.9 Å². The Hall–Kier alpha value is -2.52. The third kappa shape index (κ3) is 5.04. The number of aromatic nitrogens is 1. The number of ether oxygens (including phenoxy) is 1. The normalized spacial score (nSPS) is 18.0. The molecule has 3 aromatic rings. The second-order valence-electron chi connectivity index (χ2n) is 9.21. The molecule has 2 fully saturated rings. The molecule has 2 aromatic carbocycles. The van der Waals surface area contributed by atoms with E-state index in [0.29, 0.717) is 5.92 Å². The number of H-pyrrole nitrogens is 1. The Kier molecular flexibility index (Phi) is 6.87. The number of rotatable bonds is 6. The summed E-state index contributed by atoms with van der Waals surface area (Å²) in [5.41, 5.74) is 5.91. The average molecular weight is 463 g/mol. The van der Waals surface area contributed by atoms with E-state index in [1.54, 1.807) is 0 Å². The monoisotopic (exact) mass is 462 g/mol. The quantitative estimate of drug-likeness (QED) is 0.537. The van der Waals surface area contributed by atoms with Crippen molar-refractivity contribution in [3.05, 3.63) is 64.3 Å². The van der Waals surface area contributed by atoms with Crippen LogP contribution in [0.4, 0.5) is 5.69 Å². The van der Waals surface area contributed by atoms with Crippen molar-refractivity contribution in [2.45, 2.75) is 31.6 Å². The van der Waals surface area contributed by atoms with Crippen LogP contribution in [0.25, 0.3) is 10.9 Å². The number of likely N-dealkylation sites (tertiary alicyclic amines) is 1. The van der Waals surface area contributed by atoms with E-state index in [0.717, 1.165) is 74.9 Å². The summed E-state index contributed by atoms with van der Waals surface area (Å²) in [6.45, 7) is 6.86. The van der Waals surface area contributed by atoms with Crippen LogP contribution in [0.3, 0.4) is 0 Å². The molecule has 5 rings (SSSR count). The first-order valence-electron chi connectivity index (χ1n) is 12.1. The molecular formula is C27H31ClN4O. The SMILES string of the molecule is N#Cc1ccc2[nH]cc(CCCN3CCC(c4ccc(Cl)cc4N4CCOCC4)CC3)c2c1. The van der Waals surface area contributed by atoms with Crippen molar-refractivity contribution in [2.24, 2.45) is 0 Å². The molecule has 2 saturated heterocycles. The summed E-state index contributed by atoms with van der Waals surface area (Å²) in [6, 6.07) is 14.6. The van der Waals surface area contributed by atoms with Crippen LogP contribution in [-0.2, 0) is 11.2 Å². The first-order valence-corrected chi connectivity index (χ1v) is 12.4. The number of hydrogen-bond acceptors (Lipinski definition) is 4. The van der Waals surface area contributed by atoms with E-state index in [-0.39, 0.29) is 0 Å². The maximum Gasteiger partial charge on any atom is 0.0991 e. The lowest BCUT2D eigenvalue weighted by Crippen LogP contribution is -2.38.